The van der Waals surface area contributed by atoms with Crippen molar-refractivity contribution in [1.29, 1.82) is 0 Å². The summed E-state index contributed by atoms with van der Waals surface area (Å²) in [7, 11) is 0. The molecule has 1 aromatic carbocycles. The number of phenolic OH excluding ortho intramolecular Hbond substituents is 1. The second-order valence-corrected chi connectivity index (χ2v) is 9.43. The van der Waals surface area contributed by atoms with Crippen LogP contribution in [0.4, 0.5) is 4.79 Å². The predicted octanol–water partition coefficient (Wildman–Crippen LogP) is 4.66. The molecule has 0 bridgehead atoms. The standard InChI is InChI=1S/C21H25NO3S/c1-8-9-22-18(24)16(26-19(22)25)12-13-10-14(20(2,3)4)17(23)15(11-13)21(5,6)7/h1,10-12,23H,9H2,2-7H3. The summed E-state index contributed by atoms with van der Waals surface area (Å²) in [6.07, 6.45) is 6.93. The van der Waals surface area contributed by atoms with Crippen LogP contribution in [-0.4, -0.2) is 27.7 Å². The maximum Gasteiger partial charge on any atom is 0.294 e. The molecular weight excluding hydrogens is 346 g/mol. The SMILES string of the molecule is C#CCN1C(=O)SC(=Cc2cc(C(C)(C)C)c(O)c(C(C)(C)C)c2)C1=O. The Balaban J connectivity index is 2.59. The Hall–Kier alpha value is -2.19. The lowest BCUT2D eigenvalue weighted by Crippen LogP contribution is -2.28. The quantitative estimate of drug-likeness (QED) is 0.607. The van der Waals surface area contributed by atoms with Crippen LogP contribution in [0.2, 0.25) is 0 Å². The molecule has 0 aromatic heterocycles. The monoisotopic (exact) mass is 371 g/mol. The van der Waals surface area contributed by atoms with Gasteiger partial charge in [0.25, 0.3) is 11.1 Å². The molecule has 138 valence electrons. The molecule has 4 nitrogen and oxygen atoms in total. The fourth-order valence-corrected chi connectivity index (χ4v) is 3.60. The molecule has 1 aromatic rings. The highest BCUT2D eigenvalue weighted by atomic mass is 32.2. The normalized spacial score (nSPS) is 17.1. The molecule has 26 heavy (non-hydrogen) atoms. The summed E-state index contributed by atoms with van der Waals surface area (Å²) in [4.78, 5) is 25.8. The summed E-state index contributed by atoms with van der Waals surface area (Å²) in [6.45, 7) is 12.1. The molecule has 0 saturated carbocycles. The molecule has 1 aliphatic rings. The number of benzene rings is 1. The number of rotatable bonds is 2. The zero-order valence-corrected chi connectivity index (χ0v) is 17.0. The maximum atomic E-state index is 12.4. The van der Waals surface area contributed by atoms with Gasteiger partial charge in [-0.3, -0.25) is 14.5 Å². The van der Waals surface area contributed by atoms with Crippen LogP contribution in [0.25, 0.3) is 6.08 Å². The van der Waals surface area contributed by atoms with Gasteiger partial charge in [-0.1, -0.05) is 47.5 Å². The second kappa shape index (κ2) is 6.85. The van der Waals surface area contributed by atoms with Crippen molar-refractivity contribution in [3.05, 3.63) is 33.7 Å². The van der Waals surface area contributed by atoms with Crippen molar-refractivity contribution in [2.45, 2.75) is 52.4 Å². The van der Waals surface area contributed by atoms with Gasteiger partial charge in [0.05, 0.1) is 11.4 Å². The molecule has 0 spiro atoms. The molecule has 1 fully saturated rings. The molecule has 0 atom stereocenters. The smallest absolute Gasteiger partial charge is 0.294 e. The van der Waals surface area contributed by atoms with E-state index in [0.717, 1.165) is 33.4 Å². The van der Waals surface area contributed by atoms with E-state index in [0.29, 0.717) is 4.91 Å². The average Bonchev–Trinajstić information content (AvgIpc) is 2.74. The minimum absolute atomic E-state index is 0.0297. The van der Waals surface area contributed by atoms with E-state index in [1.807, 2.05) is 53.7 Å². The fraction of sp³-hybridized carbons (Fsp3) is 0.429. The number of thioether (sulfide) groups is 1. The molecule has 0 unspecified atom stereocenters. The zero-order chi connectivity index (χ0) is 19.9. The third-order valence-corrected chi connectivity index (χ3v) is 5.08. The first-order valence-electron chi connectivity index (χ1n) is 8.43. The van der Waals surface area contributed by atoms with E-state index in [1.54, 1.807) is 6.08 Å². The van der Waals surface area contributed by atoms with Gasteiger partial charge in [-0.05, 0) is 46.4 Å². The number of terminal acetylenes is 1. The number of carbonyl (C=O) groups excluding carboxylic acids is 2. The van der Waals surface area contributed by atoms with Crippen LogP contribution in [0, 0.1) is 12.3 Å². The molecule has 1 saturated heterocycles. The Kier molecular flexibility index (Phi) is 5.30. The van der Waals surface area contributed by atoms with Gasteiger partial charge < -0.3 is 5.11 Å². The van der Waals surface area contributed by atoms with Crippen molar-refractivity contribution in [1.82, 2.24) is 4.90 Å². The number of hydrogen-bond acceptors (Lipinski definition) is 4. The first-order chi connectivity index (χ1) is 11.9. The van der Waals surface area contributed by atoms with Gasteiger partial charge in [0, 0.05) is 11.1 Å². The lowest BCUT2D eigenvalue weighted by atomic mass is 9.78. The summed E-state index contributed by atoms with van der Waals surface area (Å²) in [5.74, 6) is 2.24. The van der Waals surface area contributed by atoms with E-state index in [-0.39, 0.29) is 34.3 Å². The summed E-state index contributed by atoms with van der Waals surface area (Å²) in [5.41, 5.74) is 1.86. The van der Waals surface area contributed by atoms with Gasteiger partial charge in [0.1, 0.15) is 5.75 Å². The Morgan fingerprint density at radius 3 is 2.04 bits per heavy atom. The summed E-state index contributed by atoms with van der Waals surface area (Å²) in [5, 5.41) is 10.4. The number of hydrogen-bond donors (Lipinski definition) is 1. The Labute approximate surface area is 159 Å². The number of amides is 2. The molecule has 0 aliphatic carbocycles. The van der Waals surface area contributed by atoms with Crippen molar-refractivity contribution in [2.24, 2.45) is 0 Å². The van der Waals surface area contributed by atoms with Gasteiger partial charge >= 0.3 is 0 Å². The van der Waals surface area contributed by atoms with Crippen molar-refractivity contribution in [3.8, 4) is 18.1 Å². The van der Waals surface area contributed by atoms with Crippen molar-refractivity contribution >= 4 is 29.0 Å². The summed E-state index contributed by atoms with van der Waals surface area (Å²) >= 11 is 0.888. The van der Waals surface area contributed by atoms with E-state index in [1.165, 1.54) is 0 Å². The third-order valence-electron chi connectivity index (χ3n) is 4.17. The Morgan fingerprint density at radius 2 is 1.62 bits per heavy atom. The van der Waals surface area contributed by atoms with Gasteiger partial charge in [-0.25, -0.2) is 0 Å². The van der Waals surface area contributed by atoms with Crippen LogP contribution in [-0.2, 0) is 15.6 Å². The third kappa shape index (κ3) is 3.96. The van der Waals surface area contributed by atoms with Crippen molar-refractivity contribution in [2.75, 3.05) is 6.54 Å². The average molecular weight is 372 g/mol. The summed E-state index contributed by atoms with van der Waals surface area (Å²) in [6, 6.07) is 3.75. The number of aromatic hydroxyl groups is 1. The number of phenols is 1. The number of imide groups is 1. The van der Waals surface area contributed by atoms with Gasteiger partial charge in [0.15, 0.2) is 0 Å². The molecule has 2 amide bonds. The van der Waals surface area contributed by atoms with Gasteiger partial charge in [-0.2, -0.15) is 0 Å². The number of carbonyl (C=O) groups is 2. The first kappa shape index (κ1) is 20.1. The van der Waals surface area contributed by atoms with Crippen LogP contribution in [0.15, 0.2) is 17.0 Å². The van der Waals surface area contributed by atoms with Crippen LogP contribution < -0.4 is 0 Å². The minimum atomic E-state index is -0.374. The Morgan fingerprint density at radius 1 is 1.12 bits per heavy atom. The zero-order valence-electron chi connectivity index (χ0n) is 16.1. The minimum Gasteiger partial charge on any atom is -0.507 e. The van der Waals surface area contributed by atoms with E-state index in [4.69, 9.17) is 6.42 Å². The van der Waals surface area contributed by atoms with E-state index >= 15 is 0 Å². The van der Waals surface area contributed by atoms with Gasteiger partial charge in [-0.15, -0.1) is 6.42 Å². The first-order valence-corrected chi connectivity index (χ1v) is 9.24. The molecule has 1 aliphatic heterocycles. The highest BCUT2D eigenvalue weighted by molar-refractivity contribution is 8.18. The largest absolute Gasteiger partial charge is 0.507 e. The second-order valence-electron chi connectivity index (χ2n) is 8.44. The van der Waals surface area contributed by atoms with Gasteiger partial charge in [0.2, 0.25) is 0 Å². The number of nitrogens with zero attached hydrogens (tertiary/aromatic N) is 1. The topological polar surface area (TPSA) is 57.6 Å². The van der Waals surface area contributed by atoms with E-state index < -0.39 is 0 Å². The van der Waals surface area contributed by atoms with Crippen LogP contribution >= 0.6 is 11.8 Å². The molecule has 0 radical (unpaired) electrons. The highest BCUT2D eigenvalue weighted by Crippen LogP contribution is 2.41. The Bertz CT molecular complexity index is 797. The van der Waals surface area contributed by atoms with Crippen LogP contribution in [0.1, 0.15) is 58.2 Å². The fourth-order valence-electron chi connectivity index (χ4n) is 2.76. The van der Waals surface area contributed by atoms with Crippen molar-refractivity contribution < 1.29 is 14.7 Å². The molecular formula is C21H25NO3S. The molecule has 1 heterocycles. The molecule has 5 heteroatoms. The molecule has 2 rings (SSSR count). The molecule has 1 N–H and O–H groups in total. The van der Waals surface area contributed by atoms with E-state index in [2.05, 4.69) is 5.92 Å². The van der Waals surface area contributed by atoms with Crippen LogP contribution in [0.3, 0.4) is 0 Å². The maximum absolute atomic E-state index is 12.4. The lowest BCUT2D eigenvalue weighted by Gasteiger charge is -2.28. The summed E-state index contributed by atoms with van der Waals surface area (Å²) < 4.78 is 0. The van der Waals surface area contributed by atoms with E-state index in [9.17, 15) is 14.7 Å². The predicted molar refractivity (Wildman–Crippen MR) is 107 cm³/mol. The highest BCUT2D eigenvalue weighted by Gasteiger charge is 2.34. The van der Waals surface area contributed by atoms with Crippen LogP contribution in [0.5, 0.6) is 5.75 Å². The lowest BCUT2D eigenvalue weighted by molar-refractivity contribution is -0.122. The van der Waals surface area contributed by atoms with Crippen molar-refractivity contribution in [3.63, 3.8) is 0 Å².